The van der Waals surface area contributed by atoms with Gasteiger partial charge in [-0.2, -0.15) is 0 Å². The van der Waals surface area contributed by atoms with Crippen molar-refractivity contribution in [1.29, 1.82) is 0 Å². The van der Waals surface area contributed by atoms with E-state index in [0.29, 0.717) is 0 Å². The summed E-state index contributed by atoms with van der Waals surface area (Å²) in [6, 6.07) is 70.1. The molecule has 0 unspecified atom stereocenters. The highest BCUT2D eigenvalue weighted by molar-refractivity contribution is 7.26. The Kier molecular flexibility index (Phi) is 8.06. The van der Waals surface area contributed by atoms with E-state index in [0.717, 1.165) is 33.9 Å². The van der Waals surface area contributed by atoms with Crippen LogP contribution in [0.5, 0.6) is 0 Å². The fourth-order valence-corrected chi connectivity index (χ4v) is 9.99. The van der Waals surface area contributed by atoms with E-state index in [1.54, 1.807) is 0 Å². The zero-order valence-corrected chi connectivity index (χ0v) is 33.1. The molecule has 2 aromatic heterocycles. The van der Waals surface area contributed by atoms with Crippen molar-refractivity contribution in [2.45, 2.75) is 19.3 Å². The van der Waals surface area contributed by atoms with Crippen LogP contribution in [0.1, 0.15) is 25.0 Å². The second kappa shape index (κ2) is 13.6. The standard InChI is InChI=1S/C55H38N2S/c1-55(2)47-18-10-9-16-44(47)45-30-28-42(33-48(45)55)50-34-49(56-54(57-50)40-14-7-4-8-15-40)39-26-24-38(25-27-39)43-17-11-19-52-53(43)46-32-41(29-31-51(46)58-52)37-22-20-36(21-23-37)35-12-5-3-6-13-35/h3-34H,1-2H3. The summed E-state index contributed by atoms with van der Waals surface area (Å²) >= 11 is 1.86. The van der Waals surface area contributed by atoms with Crippen molar-refractivity contribution in [3.05, 3.63) is 205 Å². The van der Waals surface area contributed by atoms with Crippen LogP contribution in [0.15, 0.2) is 194 Å². The third kappa shape index (κ3) is 5.78. The molecule has 1 aliphatic rings. The van der Waals surface area contributed by atoms with Crippen LogP contribution in [0.25, 0.3) is 98.6 Å². The van der Waals surface area contributed by atoms with E-state index < -0.39 is 0 Å². The molecule has 0 spiro atoms. The summed E-state index contributed by atoms with van der Waals surface area (Å²) in [5, 5.41) is 2.59. The first-order valence-electron chi connectivity index (χ1n) is 19.9. The average Bonchev–Trinajstić information content (AvgIpc) is 3.78. The van der Waals surface area contributed by atoms with Crippen molar-refractivity contribution >= 4 is 31.5 Å². The lowest BCUT2D eigenvalue weighted by Gasteiger charge is -2.22. The van der Waals surface area contributed by atoms with Gasteiger partial charge in [0.2, 0.25) is 0 Å². The molecule has 11 rings (SSSR count). The van der Waals surface area contributed by atoms with E-state index in [9.17, 15) is 0 Å². The van der Waals surface area contributed by atoms with Gasteiger partial charge in [-0.3, -0.25) is 0 Å². The number of rotatable bonds is 6. The van der Waals surface area contributed by atoms with Gasteiger partial charge in [0.15, 0.2) is 5.82 Å². The first-order chi connectivity index (χ1) is 28.5. The third-order valence-electron chi connectivity index (χ3n) is 11.9. The van der Waals surface area contributed by atoms with Crippen molar-refractivity contribution < 1.29 is 0 Å². The van der Waals surface area contributed by atoms with Crippen molar-refractivity contribution in [1.82, 2.24) is 9.97 Å². The van der Waals surface area contributed by atoms with Gasteiger partial charge in [0.25, 0.3) is 0 Å². The van der Waals surface area contributed by atoms with E-state index in [-0.39, 0.29) is 5.41 Å². The molecule has 1 aliphatic carbocycles. The molecule has 3 heteroatoms. The van der Waals surface area contributed by atoms with Crippen LogP contribution in [-0.4, -0.2) is 9.97 Å². The first kappa shape index (κ1) is 34.3. The Labute approximate surface area is 342 Å². The first-order valence-corrected chi connectivity index (χ1v) is 20.7. The summed E-state index contributed by atoms with van der Waals surface area (Å²) in [7, 11) is 0. The Morgan fingerprint density at radius 2 is 0.914 bits per heavy atom. The molecule has 0 fully saturated rings. The van der Waals surface area contributed by atoms with E-state index in [4.69, 9.17) is 9.97 Å². The highest BCUT2D eigenvalue weighted by Crippen LogP contribution is 2.49. The number of thiophene rings is 1. The van der Waals surface area contributed by atoms with Crippen LogP contribution in [0, 0.1) is 0 Å². The molecule has 0 amide bonds. The van der Waals surface area contributed by atoms with Crippen LogP contribution >= 0.6 is 11.3 Å². The van der Waals surface area contributed by atoms with Crippen LogP contribution in [0.2, 0.25) is 0 Å². The Bertz CT molecular complexity index is 3160. The highest BCUT2D eigenvalue weighted by Gasteiger charge is 2.35. The molecule has 0 saturated heterocycles. The van der Waals surface area contributed by atoms with Crippen LogP contribution in [0.3, 0.4) is 0 Å². The molecule has 0 aliphatic heterocycles. The van der Waals surface area contributed by atoms with Gasteiger partial charge in [0.1, 0.15) is 0 Å². The maximum Gasteiger partial charge on any atom is 0.160 e. The lowest BCUT2D eigenvalue weighted by Crippen LogP contribution is -2.14. The molecular formula is C55H38N2S. The van der Waals surface area contributed by atoms with Gasteiger partial charge in [-0.15, -0.1) is 11.3 Å². The molecule has 0 N–H and O–H groups in total. The quantitative estimate of drug-likeness (QED) is 0.169. The van der Waals surface area contributed by atoms with Crippen LogP contribution < -0.4 is 0 Å². The summed E-state index contributed by atoms with van der Waals surface area (Å²) in [6.45, 7) is 4.65. The molecule has 274 valence electrons. The lowest BCUT2D eigenvalue weighted by molar-refractivity contribution is 0.660. The van der Waals surface area contributed by atoms with Gasteiger partial charge in [-0.05, 0) is 86.0 Å². The number of benzene rings is 8. The maximum atomic E-state index is 5.18. The molecule has 0 bridgehead atoms. The zero-order chi connectivity index (χ0) is 38.8. The van der Waals surface area contributed by atoms with Crippen molar-refractivity contribution in [3.63, 3.8) is 0 Å². The number of fused-ring (bicyclic) bond motifs is 6. The van der Waals surface area contributed by atoms with Crippen molar-refractivity contribution in [2.24, 2.45) is 0 Å². The molecule has 2 nitrogen and oxygen atoms in total. The minimum Gasteiger partial charge on any atom is -0.228 e. The minimum absolute atomic E-state index is 0.0950. The van der Waals surface area contributed by atoms with E-state index in [2.05, 4.69) is 190 Å². The monoisotopic (exact) mass is 758 g/mol. The minimum atomic E-state index is -0.0950. The molecule has 8 aromatic carbocycles. The van der Waals surface area contributed by atoms with Crippen LogP contribution in [-0.2, 0) is 5.41 Å². The number of hydrogen-bond acceptors (Lipinski definition) is 3. The molecule has 10 aromatic rings. The summed E-state index contributed by atoms with van der Waals surface area (Å²) < 4.78 is 2.59. The third-order valence-corrected chi connectivity index (χ3v) is 13.1. The number of hydrogen-bond donors (Lipinski definition) is 0. The number of nitrogens with zero attached hydrogens (tertiary/aromatic N) is 2. The molecule has 58 heavy (non-hydrogen) atoms. The second-order valence-electron chi connectivity index (χ2n) is 15.8. The molecule has 2 heterocycles. The molecule has 0 atom stereocenters. The highest BCUT2D eigenvalue weighted by atomic mass is 32.1. The Balaban J connectivity index is 0.972. The van der Waals surface area contributed by atoms with Gasteiger partial charge in [0, 0.05) is 42.3 Å². The summed E-state index contributed by atoms with van der Waals surface area (Å²) in [4.78, 5) is 10.4. The predicted octanol–water partition coefficient (Wildman–Crippen LogP) is 15.2. The maximum absolute atomic E-state index is 5.18. The lowest BCUT2D eigenvalue weighted by atomic mass is 9.82. The number of aromatic nitrogens is 2. The van der Waals surface area contributed by atoms with E-state index in [1.807, 2.05) is 29.5 Å². The Morgan fingerprint density at radius 1 is 0.362 bits per heavy atom. The fourth-order valence-electron chi connectivity index (χ4n) is 8.88. The predicted molar refractivity (Wildman–Crippen MR) is 245 cm³/mol. The molecule has 0 saturated carbocycles. The zero-order valence-electron chi connectivity index (χ0n) is 32.3. The van der Waals surface area contributed by atoms with Gasteiger partial charge in [-0.25, -0.2) is 9.97 Å². The smallest absolute Gasteiger partial charge is 0.160 e. The summed E-state index contributed by atoms with van der Waals surface area (Å²) in [6.07, 6.45) is 0. The Morgan fingerprint density at radius 3 is 1.67 bits per heavy atom. The van der Waals surface area contributed by atoms with Gasteiger partial charge < -0.3 is 0 Å². The van der Waals surface area contributed by atoms with E-state index >= 15 is 0 Å². The van der Waals surface area contributed by atoms with Gasteiger partial charge in [0.05, 0.1) is 11.4 Å². The average molecular weight is 759 g/mol. The fraction of sp³-hybridized carbons (Fsp3) is 0.0545. The van der Waals surface area contributed by atoms with Gasteiger partial charge in [-0.1, -0.05) is 178 Å². The topological polar surface area (TPSA) is 25.8 Å². The SMILES string of the molecule is CC1(C)c2ccccc2-c2ccc(-c3cc(-c4ccc(-c5cccc6sc7ccc(-c8ccc(-c9ccccc9)cc8)cc7c56)cc4)nc(-c4ccccc4)n3)cc21. The molecule has 0 radical (unpaired) electrons. The largest absolute Gasteiger partial charge is 0.228 e. The normalized spacial score (nSPS) is 12.8. The molecular weight excluding hydrogens is 721 g/mol. The Hall–Kier alpha value is -6.94. The summed E-state index contributed by atoms with van der Waals surface area (Å²) in [5.74, 6) is 0.722. The second-order valence-corrected chi connectivity index (χ2v) is 16.9. The van der Waals surface area contributed by atoms with Gasteiger partial charge >= 0.3 is 0 Å². The van der Waals surface area contributed by atoms with Crippen LogP contribution in [0.4, 0.5) is 0 Å². The summed E-state index contributed by atoms with van der Waals surface area (Å²) in [5.41, 5.74) is 17.5. The van der Waals surface area contributed by atoms with Crippen molar-refractivity contribution in [3.8, 4) is 78.4 Å². The van der Waals surface area contributed by atoms with E-state index in [1.165, 1.54) is 75.8 Å². The van der Waals surface area contributed by atoms with Crippen molar-refractivity contribution in [2.75, 3.05) is 0 Å².